The average molecular weight is 689 g/mol. The van der Waals surface area contributed by atoms with E-state index in [9.17, 15) is 35.5 Å². The molecule has 1 N–H and O–H groups in total. The smallest absolute Gasteiger partial charge is 0.488 e. The van der Waals surface area contributed by atoms with Gasteiger partial charge >= 0.3 is 10.5 Å². The minimum absolute atomic E-state index is 0.214. The van der Waals surface area contributed by atoms with Crippen LogP contribution in [0.25, 0.3) is 10.9 Å². The number of nitrogens with zero attached hydrogens (tertiary/aromatic N) is 5. The zero-order valence-corrected chi connectivity index (χ0v) is 26.3. The van der Waals surface area contributed by atoms with E-state index in [1.54, 1.807) is 29.2 Å². The third-order valence-electron chi connectivity index (χ3n) is 7.94. The van der Waals surface area contributed by atoms with Gasteiger partial charge in [-0.2, -0.15) is 13.7 Å². The van der Waals surface area contributed by atoms with E-state index in [4.69, 9.17) is 10.00 Å². The maximum atomic E-state index is 13.7. The summed E-state index contributed by atoms with van der Waals surface area (Å²) in [5.74, 6) is -4.52. The lowest BCUT2D eigenvalue weighted by atomic mass is 10.1. The molecule has 2 aliphatic heterocycles. The number of amides is 3. The molecule has 48 heavy (non-hydrogen) atoms. The van der Waals surface area contributed by atoms with Crippen molar-refractivity contribution in [2.45, 2.75) is 24.8 Å². The molecule has 0 radical (unpaired) electrons. The number of aromatic nitrogens is 1. The van der Waals surface area contributed by atoms with Crippen LogP contribution >= 0.6 is 0 Å². The molecular weight excluding hydrogens is 657 g/mol. The normalized spacial score (nSPS) is 17.9. The number of pyridine rings is 1. The Labute approximate surface area is 274 Å². The number of alkyl halides is 2. The molecule has 2 aliphatic rings. The Morgan fingerprint density at radius 2 is 1.75 bits per heavy atom. The number of likely N-dealkylation sites (tertiary alicyclic amines) is 1. The minimum Gasteiger partial charge on any atom is -0.494 e. The van der Waals surface area contributed by atoms with Crippen LogP contribution < -0.4 is 14.2 Å². The van der Waals surface area contributed by atoms with Crippen molar-refractivity contribution in [2.24, 2.45) is 0 Å². The zero-order valence-electron chi connectivity index (χ0n) is 25.5. The number of hydrogen-bond acceptors (Lipinski definition) is 10. The van der Waals surface area contributed by atoms with Gasteiger partial charge in [-0.1, -0.05) is 3.89 Å². The van der Waals surface area contributed by atoms with Gasteiger partial charge in [-0.25, -0.2) is 8.78 Å². The van der Waals surface area contributed by atoms with Crippen LogP contribution in [0.5, 0.6) is 11.5 Å². The van der Waals surface area contributed by atoms with Crippen LogP contribution in [0.1, 0.15) is 33.6 Å². The number of piperazine rings is 1. The van der Waals surface area contributed by atoms with E-state index in [1.807, 2.05) is 0 Å². The van der Waals surface area contributed by atoms with Crippen LogP contribution in [-0.2, 0) is 15.3 Å². The number of nitriles is 1. The van der Waals surface area contributed by atoms with Gasteiger partial charge in [0.15, 0.2) is 0 Å². The monoisotopic (exact) mass is 688 g/mol. The second-order valence-corrected chi connectivity index (χ2v) is 12.2. The molecule has 0 aliphatic carbocycles. The lowest BCUT2D eigenvalue weighted by Gasteiger charge is -2.34. The molecule has 0 spiro atoms. The summed E-state index contributed by atoms with van der Waals surface area (Å²) in [5, 5.41) is 12.1. The summed E-state index contributed by atoms with van der Waals surface area (Å²) in [6, 6.07) is 12.2. The summed E-state index contributed by atoms with van der Waals surface area (Å²) in [6.45, 7) is 1.88. The van der Waals surface area contributed by atoms with Crippen molar-refractivity contribution in [3.8, 4) is 17.6 Å². The molecule has 254 valence electrons. The number of nitrogens with one attached hydrogen (secondary N) is 1. The van der Waals surface area contributed by atoms with Crippen LogP contribution in [0.4, 0.5) is 12.7 Å². The predicted octanol–water partition coefficient (Wildman–Crippen LogP) is 2.54. The number of ether oxygens (including phenoxy) is 1. The van der Waals surface area contributed by atoms with E-state index < -0.39 is 53.8 Å². The van der Waals surface area contributed by atoms with Gasteiger partial charge in [-0.15, -0.1) is 0 Å². The van der Waals surface area contributed by atoms with E-state index >= 15 is 0 Å². The van der Waals surface area contributed by atoms with Gasteiger partial charge in [0.05, 0.1) is 36.8 Å². The number of halogens is 3. The molecule has 1 aromatic heterocycles. The average Bonchev–Trinajstić information content (AvgIpc) is 3.39. The van der Waals surface area contributed by atoms with Crippen molar-refractivity contribution in [1.82, 2.24) is 25.0 Å². The van der Waals surface area contributed by atoms with Gasteiger partial charge in [0, 0.05) is 56.3 Å². The van der Waals surface area contributed by atoms with Crippen LogP contribution in [0.2, 0.25) is 0 Å². The van der Waals surface area contributed by atoms with Crippen molar-refractivity contribution < 1.29 is 44.4 Å². The molecule has 3 aromatic rings. The molecular formula is C31H31F3N6O7S. The highest BCUT2D eigenvalue weighted by atomic mass is 32.3. The standard InChI is InChI=1S/C31H31F3N6O7S/c32-31(33)17-22(18-35)40(20-31)28(41)19-37-29(42)25-8-9-36-27-7-6-24(16-26(25)27)46-15-1-10-38-11-13-39(14-12-38)30(43)21-2-4-23(5-3-21)47-48(34,44)45/h2-9,16,22H,1,10-15,17,19-20H2,(H,37,42)/t22-/m0/s1. The molecule has 2 fully saturated rings. The summed E-state index contributed by atoms with van der Waals surface area (Å²) >= 11 is 0. The Hall–Kier alpha value is -4.95. The number of benzene rings is 2. The number of rotatable bonds is 11. The van der Waals surface area contributed by atoms with Gasteiger partial charge in [-0.3, -0.25) is 24.3 Å². The van der Waals surface area contributed by atoms with E-state index in [0.717, 1.165) is 4.90 Å². The number of hydrogen-bond donors (Lipinski definition) is 1. The fourth-order valence-corrected chi connectivity index (χ4v) is 5.90. The maximum Gasteiger partial charge on any atom is 0.488 e. The van der Waals surface area contributed by atoms with Crippen LogP contribution in [0.15, 0.2) is 54.7 Å². The second-order valence-electron chi connectivity index (χ2n) is 11.3. The van der Waals surface area contributed by atoms with Crippen LogP contribution in [-0.4, -0.2) is 110 Å². The Bertz CT molecular complexity index is 1830. The lowest BCUT2D eigenvalue weighted by Crippen LogP contribution is -2.49. The SMILES string of the molecule is N#C[C@@H]1CC(F)(F)CN1C(=O)CNC(=O)c1ccnc2ccc(OCCCN3CCN(C(=O)c4ccc(OS(=O)(=O)F)cc4)CC3)cc12. The minimum atomic E-state index is -5.15. The molecule has 2 aromatic carbocycles. The molecule has 0 saturated carbocycles. The van der Waals surface area contributed by atoms with E-state index in [0.29, 0.717) is 68.0 Å². The molecule has 13 nitrogen and oxygen atoms in total. The van der Waals surface area contributed by atoms with Gasteiger partial charge in [0.25, 0.3) is 17.7 Å². The highest BCUT2D eigenvalue weighted by Crippen LogP contribution is 2.31. The Kier molecular flexibility index (Phi) is 10.3. The predicted molar refractivity (Wildman–Crippen MR) is 164 cm³/mol. The number of carbonyl (C=O) groups is 3. The van der Waals surface area contributed by atoms with Crippen molar-refractivity contribution >= 4 is 39.1 Å². The maximum absolute atomic E-state index is 13.7. The Morgan fingerprint density at radius 1 is 1.04 bits per heavy atom. The van der Waals surface area contributed by atoms with Crippen molar-refractivity contribution in [2.75, 3.05) is 52.4 Å². The first kappa shape index (κ1) is 34.4. The zero-order chi connectivity index (χ0) is 34.5. The van der Waals surface area contributed by atoms with Crippen molar-refractivity contribution in [3.05, 3.63) is 65.9 Å². The Morgan fingerprint density at radius 3 is 2.44 bits per heavy atom. The quantitative estimate of drug-likeness (QED) is 0.234. The van der Waals surface area contributed by atoms with E-state index in [2.05, 4.69) is 19.4 Å². The molecule has 17 heteroatoms. The Balaban J connectivity index is 1.08. The summed E-state index contributed by atoms with van der Waals surface area (Å²) in [7, 11) is -5.15. The third-order valence-corrected chi connectivity index (χ3v) is 8.33. The van der Waals surface area contributed by atoms with Crippen LogP contribution in [0, 0.1) is 11.3 Å². The molecule has 2 saturated heterocycles. The highest BCUT2D eigenvalue weighted by molar-refractivity contribution is 7.81. The van der Waals surface area contributed by atoms with Crippen molar-refractivity contribution in [1.29, 1.82) is 5.26 Å². The molecule has 0 unspecified atom stereocenters. The number of carbonyl (C=O) groups excluding carboxylic acids is 3. The number of fused-ring (bicyclic) bond motifs is 1. The molecule has 5 rings (SSSR count). The van der Waals surface area contributed by atoms with Gasteiger partial charge in [0.2, 0.25) is 5.91 Å². The largest absolute Gasteiger partial charge is 0.494 e. The summed E-state index contributed by atoms with van der Waals surface area (Å²) < 4.78 is 71.4. The first-order chi connectivity index (χ1) is 22.8. The lowest BCUT2D eigenvalue weighted by molar-refractivity contribution is -0.131. The molecule has 0 bridgehead atoms. The van der Waals surface area contributed by atoms with Gasteiger partial charge in [0.1, 0.15) is 17.5 Å². The summed E-state index contributed by atoms with van der Waals surface area (Å²) in [6.07, 6.45) is 1.37. The summed E-state index contributed by atoms with van der Waals surface area (Å²) in [4.78, 5) is 47.2. The first-order valence-electron chi connectivity index (χ1n) is 14.9. The second kappa shape index (κ2) is 14.4. The molecule has 3 amide bonds. The third kappa shape index (κ3) is 8.69. The van der Waals surface area contributed by atoms with E-state index in [1.165, 1.54) is 36.5 Å². The van der Waals surface area contributed by atoms with Crippen LogP contribution in [0.3, 0.4) is 0 Å². The molecule has 1 atom stereocenters. The van der Waals surface area contributed by atoms with Gasteiger partial charge in [-0.05, 0) is 55.0 Å². The van der Waals surface area contributed by atoms with E-state index in [-0.39, 0.29) is 17.2 Å². The molecule has 3 heterocycles. The summed E-state index contributed by atoms with van der Waals surface area (Å²) in [5.41, 5.74) is 1.05. The fourth-order valence-electron chi connectivity index (χ4n) is 5.56. The fraction of sp³-hybridized carbons (Fsp3) is 0.387. The highest BCUT2D eigenvalue weighted by Gasteiger charge is 2.47. The van der Waals surface area contributed by atoms with Gasteiger partial charge < -0.3 is 24.0 Å². The first-order valence-corrected chi connectivity index (χ1v) is 16.3. The topological polar surface area (TPSA) is 162 Å². The van der Waals surface area contributed by atoms with Crippen molar-refractivity contribution in [3.63, 3.8) is 0 Å².